The molecule has 2 fully saturated rings. The predicted molar refractivity (Wildman–Crippen MR) is 148 cm³/mol. The van der Waals surface area contributed by atoms with Gasteiger partial charge in [0.25, 0.3) is 0 Å². The van der Waals surface area contributed by atoms with Crippen molar-refractivity contribution in [3.63, 3.8) is 0 Å². The van der Waals surface area contributed by atoms with E-state index in [1.165, 1.54) is 0 Å². The summed E-state index contributed by atoms with van der Waals surface area (Å²) in [5, 5.41) is 0.0875. The minimum absolute atomic E-state index is 0.0875. The molecule has 0 radical (unpaired) electrons. The van der Waals surface area contributed by atoms with Crippen LogP contribution in [-0.2, 0) is 23.0 Å². The monoisotopic (exact) mass is 502 g/mol. The minimum atomic E-state index is -2.07. The molecular formula is C27H48B2O5Si. The molecule has 1 unspecified atom stereocenters. The highest BCUT2D eigenvalue weighted by Crippen LogP contribution is 2.49. The molecule has 0 amide bonds. The van der Waals surface area contributed by atoms with Gasteiger partial charge in [-0.25, -0.2) is 0 Å². The molecule has 1 atom stereocenters. The predicted octanol–water partition coefficient (Wildman–Crippen LogP) is 7.23. The van der Waals surface area contributed by atoms with Crippen LogP contribution in [0.2, 0.25) is 23.8 Å². The second-order valence-corrected chi connectivity index (χ2v) is 18.7. The van der Waals surface area contributed by atoms with Gasteiger partial charge in [0.1, 0.15) is 0 Å². The Morgan fingerprint density at radius 3 is 1.46 bits per heavy atom. The third-order valence-corrected chi connectivity index (χ3v) is 13.6. The molecule has 0 N–H and O–H groups in total. The number of rotatable bonds is 7. The van der Waals surface area contributed by atoms with Crippen molar-refractivity contribution in [1.82, 2.24) is 0 Å². The lowest BCUT2D eigenvalue weighted by Crippen LogP contribution is -2.44. The van der Waals surface area contributed by atoms with E-state index in [2.05, 4.69) is 114 Å². The summed E-state index contributed by atoms with van der Waals surface area (Å²) < 4.78 is 33.4. The molecule has 2 saturated heterocycles. The highest BCUT2D eigenvalue weighted by atomic mass is 28.4. The topological polar surface area (TPSA) is 46.2 Å². The maximum Gasteiger partial charge on any atom is 0.458 e. The SMILES string of the molecule is CC1(C)OB(C(CC(O[Si](C)(C)C(C)(C)C)c2ccccc2)B2OC(C)(C)C(C)(C)O2)OC1(C)C. The van der Waals surface area contributed by atoms with Crippen LogP contribution in [0.5, 0.6) is 0 Å². The highest BCUT2D eigenvalue weighted by molar-refractivity contribution is 6.74. The standard InChI is InChI=1S/C27H48B2O5Si/c1-23(2,3)35(12,13)30-21(20-17-15-14-16-18-20)19-22(28-31-24(4,5)25(6,7)32-28)29-33-26(8,9)27(10,11)34-29/h14-18,21-22H,19H2,1-13H3. The maximum absolute atomic E-state index is 7.06. The summed E-state index contributed by atoms with van der Waals surface area (Å²) in [4.78, 5) is 0. The molecule has 0 spiro atoms. The molecule has 0 saturated carbocycles. The van der Waals surface area contributed by atoms with Crippen molar-refractivity contribution in [2.24, 2.45) is 0 Å². The summed E-state index contributed by atoms with van der Waals surface area (Å²) in [7, 11) is -3.01. The van der Waals surface area contributed by atoms with Gasteiger partial charge in [-0.15, -0.1) is 0 Å². The highest BCUT2D eigenvalue weighted by Gasteiger charge is 2.62. The van der Waals surface area contributed by atoms with Crippen LogP contribution in [-0.4, -0.2) is 45.0 Å². The van der Waals surface area contributed by atoms with E-state index in [1.54, 1.807) is 0 Å². The third-order valence-electron chi connectivity index (χ3n) is 9.14. The summed E-state index contributed by atoms with van der Waals surface area (Å²) in [6.07, 6.45) is 0.546. The largest absolute Gasteiger partial charge is 0.458 e. The Hall–Kier alpha value is -0.633. The molecule has 1 aromatic rings. The summed E-state index contributed by atoms with van der Waals surface area (Å²) >= 11 is 0. The van der Waals surface area contributed by atoms with Gasteiger partial charge in [0.05, 0.1) is 28.5 Å². The summed E-state index contributed by atoms with van der Waals surface area (Å²) in [6.45, 7) is 28.2. The van der Waals surface area contributed by atoms with Crippen molar-refractivity contribution in [2.75, 3.05) is 0 Å². The van der Waals surface area contributed by atoms with Gasteiger partial charge < -0.3 is 23.0 Å². The van der Waals surface area contributed by atoms with Gasteiger partial charge in [-0.1, -0.05) is 51.1 Å². The summed E-state index contributed by atoms with van der Waals surface area (Å²) in [5.41, 5.74) is -0.781. The van der Waals surface area contributed by atoms with Crippen LogP contribution in [0.15, 0.2) is 30.3 Å². The van der Waals surface area contributed by atoms with Crippen LogP contribution in [0.3, 0.4) is 0 Å². The maximum atomic E-state index is 7.06. The molecule has 35 heavy (non-hydrogen) atoms. The summed E-state index contributed by atoms with van der Waals surface area (Å²) in [5.74, 6) is 0. The van der Waals surface area contributed by atoms with Crippen LogP contribution in [0.25, 0.3) is 0 Å². The van der Waals surface area contributed by atoms with Crippen LogP contribution < -0.4 is 0 Å². The molecule has 2 aliphatic rings. The first kappa shape index (κ1) is 28.9. The molecule has 8 heteroatoms. The number of benzene rings is 1. The zero-order valence-corrected chi connectivity index (χ0v) is 25.4. The first-order chi connectivity index (χ1) is 15.7. The minimum Gasteiger partial charge on any atom is -0.410 e. The van der Waals surface area contributed by atoms with Crippen LogP contribution >= 0.6 is 0 Å². The normalized spacial score (nSPS) is 24.3. The summed E-state index contributed by atoms with van der Waals surface area (Å²) in [6, 6.07) is 10.5. The van der Waals surface area contributed by atoms with Crippen LogP contribution in [0.4, 0.5) is 0 Å². The van der Waals surface area contributed by atoms with Gasteiger partial charge in [0.15, 0.2) is 8.32 Å². The number of hydrogen-bond acceptors (Lipinski definition) is 5. The van der Waals surface area contributed by atoms with Crippen molar-refractivity contribution in [2.45, 2.75) is 135 Å². The Bertz CT molecular complexity index is 811. The quantitative estimate of drug-likeness (QED) is 0.368. The fourth-order valence-corrected chi connectivity index (χ4v) is 5.47. The Kier molecular flexibility index (Phi) is 7.67. The fourth-order valence-electron chi connectivity index (χ4n) is 4.18. The van der Waals surface area contributed by atoms with Crippen LogP contribution in [0, 0.1) is 0 Å². The lowest BCUT2D eigenvalue weighted by atomic mass is 9.49. The Morgan fingerprint density at radius 2 is 1.11 bits per heavy atom. The Labute approximate surface area is 216 Å². The lowest BCUT2D eigenvalue weighted by molar-refractivity contribution is 0.00578. The van der Waals surface area contributed by atoms with Gasteiger partial charge in [0.2, 0.25) is 0 Å². The molecule has 0 aromatic heterocycles. The lowest BCUT2D eigenvalue weighted by Gasteiger charge is -2.40. The van der Waals surface area contributed by atoms with Gasteiger partial charge in [-0.05, 0) is 85.5 Å². The van der Waals surface area contributed by atoms with Crippen molar-refractivity contribution in [3.8, 4) is 0 Å². The molecule has 5 nitrogen and oxygen atoms in total. The molecule has 1 aromatic carbocycles. The van der Waals surface area contributed by atoms with Crippen molar-refractivity contribution < 1.29 is 23.0 Å². The van der Waals surface area contributed by atoms with E-state index in [1.807, 2.05) is 6.07 Å². The second kappa shape index (κ2) is 9.28. The first-order valence-electron chi connectivity index (χ1n) is 13.1. The van der Waals surface area contributed by atoms with Gasteiger partial charge >= 0.3 is 14.2 Å². The van der Waals surface area contributed by atoms with Crippen molar-refractivity contribution >= 4 is 22.6 Å². The van der Waals surface area contributed by atoms with Crippen LogP contribution in [0.1, 0.15) is 94.2 Å². The smallest absolute Gasteiger partial charge is 0.410 e. The van der Waals surface area contributed by atoms with Gasteiger partial charge in [-0.2, -0.15) is 0 Å². The van der Waals surface area contributed by atoms with E-state index < -0.39 is 45.0 Å². The van der Waals surface area contributed by atoms with E-state index in [9.17, 15) is 0 Å². The molecule has 0 bridgehead atoms. The molecular weight excluding hydrogens is 454 g/mol. The second-order valence-electron chi connectivity index (χ2n) is 13.9. The zero-order valence-electron chi connectivity index (χ0n) is 24.4. The average Bonchev–Trinajstić information content (AvgIpc) is 3.03. The van der Waals surface area contributed by atoms with Gasteiger partial charge in [-0.3, -0.25) is 0 Å². The molecule has 3 rings (SSSR count). The Morgan fingerprint density at radius 1 is 0.743 bits per heavy atom. The van der Waals surface area contributed by atoms with Crippen molar-refractivity contribution in [3.05, 3.63) is 35.9 Å². The van der Waals surface area contributed by atoms with E-state index in [0.29, 0.717) is 6.42 Å². The Balaban J connectivity index is 2.01. The average molecular weight is 502 g/mol. The van der Waals surface area contributed by atoms with E-state index in [-0.39, 0.29) is 16.9 Å². The van der Waals surface area contributed by atoms with Crippen molar-refractivity contribution in [1.29, 1.82) is 0 Å². The third kappa shape index (κ3) is 5.78. The number of hydrogen-bond donors (Lipinski definition) is 0. The van der Waals surface area contributed by atoms with E-state index >= 15 is 0 Å². The molecule has 2 aliphatic heterocycles. The fraction of sp³-hybridized carbons (Fsp3) is 0.778. The molecule has 196 valence electrons. The van der Waals surface area contributed by atoms with E-state index in [4.69, 9.17) is 23.0 Å². The molecule has 0 aliphatic carbocycles. The zero-order chi connectivity index (χ0) is 26.7. The molecule has 2 heterocycles. The first-order valence-corrected chi connectivity index (χ1v) is 16.0. The van der Waals surface area contributed by atoms with Gasteiger partial charge in [0, 0.05) is 5.72 Å². The van der Waals surface area contributed by atoms with E-state index in [0.717, 1.165) is 5.56 Å².